The van der Waals surface area contributed by atoms with Crippen molar-refractivity contribution in [2.75, 3.05) is 11.1 Å². The first-order chi connectivity index (χ1) is 15.3. The fraction of sp³-hybridized carbons (Fsp3) is 0.292. The largest absolute Gasteiger partial charge is 0.467 e. The summed E-state index contributed by atoms with van der Waals surface area (Å²) < 4.78 is 7.06. The first-order valence-corrected chi connectivity index (χ1v) is 12.2. The van der Waals surface area contributed by atoms with Gasteiger partial charge in [0.25, 0.3) is 5.56 Å². The Labute approximate surface area is 194 Å². The van der Waals surface area contributed by atoms with Crippen molar-refractivity contribution in [1.82, 2.24) is 9.55 Å². The smallest absolute Gasteiger partial charge is 0.263 e. The number of carbonyl (C=O) groups is 1. The average molecular weight is 468 g/mol. The number of hydrogen-bond donors (Lipinski definition) is 1. The molecule has 1 N–H and O–H groups in total. The molecule has 8 heteroatoms. The van der Waals surface area contributed by atoms with Crippen LogP contribution in [-0.4, -0.2) is 21.2 Å². The van der Waals surface area contributed by atoms with Crippen LogP contribution in [0.3, 0.4) is 0 Å². The van der Waals surface area contributed by atoms with E-state index in [2.05, 4.69) is 19.2 Å². The number of amides is 1. The van der Waals surface area contributed by atoms with Gasteiger partial charge in [0.1, 0.15) is 10.6 Å². The Balaban J connectivity index is 1.62. The lowest BCUT2D eigenvalue weighted by molar-refractivity contribution is -0.113. The molecule has 0 aliphatic heterocycles. The molecule has 4 aromatic rings. The number of anilines is 1. The summed E-state index contributed by atoms with van der Waals surface area (Å²) in [5.74, 6) is 0.967. The number of aromatic nitrogens is 2. The second kappa shape index (κ2) is 9.34. The van der Waals surface area contributed by atoms with Gasteiger partial charge in [0.15, 0.2) is 5.16 Å². The number of thioether (sulfide) groups is 1. The number of rotatable bonds is 7. The van der Waals surface area contributed by atoms with Crippen molar-refractivity contribution >= 4 is 44.9 Å². The van der Waals surface area contributed by atoms with Gasteiger partial charge in [-0.1, -0.05) is 43.8 Å². The van der Waals surface area contributed by atoms with Gasteiger partial charge in [-0.25, -0.2) is 4.98 Å². The monoisotopic (exact) mass is 467 g/mol. The SMILES string of the molecule is Cc1sc2nc(SCC(=O)Nc3ccccc3C(C)C)n(Cc3ccco3)c(=O)c2c1C. The standard InChI is InChI=1S/C24H25N3O3S2/c1-14(2)18-9-5-6-10-19(18)25-20(28)13-31-24-26-22-21(15(3)16(4)32-22)23(29)27(24)12-17-8-7-11-30-17/h5-11,14H,12-13H2,1-4H3,(H,25,28). The molecule has 32 heavy (non-hydrogen) atoms. The first kappa shape index (κ1) is 22.4. The number of benzene rings is 1. The van der Waals surface area contributed by atoms with Crippen molar-refractivity contribution in [1.29, 1.82) is 0 Å². The number of para-hydroxylation sites is 1. The lowest BCUT2D eigenvalue weighted by Crippen LogP contribution is -2.24. The fourth-order valence-electron chi connectivity index (χ4n) is 3.55. The number of thiophene rings is 1. The molecule has 3 heterocycles. The number of nitrogens with zero attached hydrogens (tertiary/aromatic N) is 2. The van der Waals surface area contributed by atoms with Crippen LogP contribution in [0.5, 0.6) is 0 Å². The van der Waals surface area contributed by atoms with Crippen molar-refractivity contribution < 1.29 is 9.21 Å². The third-order valence-corrected chi connectivity index (χ3v) is 7.41. The van der Waals surface area contributed by atoms with Crippen LogP contribution in [0.25, 0.3) is 10.2 Å². The van der Waals surface area contributed by atoms with Crippen LogP contribution in [0.4, 0.5) is 5.69 Å². The highest BCUT2D eigenvalue weighted by Gasteiger charge is 2.19. The molecule has 0 aliphatic carbocycles. The molecule has 0 spiro atoms. The molecule has 6 nitrogen and oxygen atoms in total. The van der Waals surface area contributed by atoms with Crippen LogP contribution in [-0.2, 0) is 11.3 Å². The summed E-state index contributed by atoms with van der Waals surface area (Å²) >= 11 is 2.76. The Morgan fingerprint density at radius 2 is 2.00 bits per heavy atom. The van der Waals surface area contributed by atoms with Gasteiger partial charge < -0.3 is 9.73 Å². The van der Waals surface area contributed by atoms with Gasteiger partial charge in [0.2, 0.25) is 5.91 Å². The normalized spacial score (nSPS) is 11.4. The highest BCUT2D eigenvalue weighted by molar-refractivity contribution is 7.99. The van der Waals surface area contributed by atoms with Gasteiger partial charge in [-0.05, 0) is 49.1 Å². The molecule has 0 bridgehead atoms. The third-order valence-electron chi connectivity index (χ3n) is 5.34. The van der Waals surface area contributed by atoms with Crippen LogP contribution in [0, 0.1) is 13.8 Å². The predicted molar refractivity (Wildman–Crippen MR) is 131 cm³/mol. The molecule has 0 saturated heterocycles. The number of fused-ring (bicyclic) bond motifs is 1. The maximum absolute atomic E-state index is 13.3. The highest BCUT2D eigenvalue weighted by Crippen LogP contribution is 2.29. The first-order valence-electron chi connectivity index (χ1n) is 10.4. The molecule has 0 aliphatic rings. The Morgan fingerprint density at radius 1 is 1.22 bits per heavy atom. The van der Waals surface area contributed by atoms with Crippen LogP contribution in [0.1, 0.15) is 41.5 Å². The van der Waals surface area contributed by atoms with Gasteiger partial charge in [0, 0.05) is 10.6 Å². The van der Waals surface area contributed by atoms with E-state index in [0.717, 1.165) is 21.7 Å². The third kappa shape index (κ3) is 4.52. The van der Waals surface area contributed by atoms with E-state index in [9.17, 15) is 9.59 Å². The molecule has 0 unspecified atom stereocenters. The van der Waals surface area contributed by atoms with Crippen molar-refractivity contribution in [2.45, 2.75) is 45.3 Å². The van der Waals surface area contributed by atoms with Crippen LogP contribution >= 0.6 is 23.1 Å². The summed E-state index contributed by atoms with van der Waals surface area (Å²) in [6, 6.07) is 11.4. The fourth-order valence-corrected chi connectivity index (χ4v) is 5.42. The molecule has 0 fully saturated rings. The minimum Gasteiger partial charge on any atom is -0.467 e. The number of nitrogens with one attached hydrogen (secondary N) is 1. The van der Waals surface area contributed by atoms with E-state index in [4.69, 9.17) is 9.40 Å². The van der Waals surface area contributed by atoms with Crippen LogP contribution < -0.4 is 10.9 Å². The number of hydrogen-bond acceptors (Lipinski definition) is 6. The number of furan rings is 1. The summed E-state index contributed by atoms with van der Waals surface area (Å²) in [4.78, 5) is 32.6. The quantitative estimate of drug-likeness (QED) is 0.284. The summed E-state index contributed by atoms with van der Waals surface area (Å²) in [7, 11) is 0. The molecule has 166 valence electrons. The van der Waals surface area contributed by atoms with Gasteiger partial charge >= 0.3 is 0 Å². The van der Waals surface area contributed by atoms with E-state index < -0.39 is 0 Å². The second-order valence-electron chi connectivity index (χ2n) is 7.91. The van der Waals surface area contributed by atoms with Crippen LogP contribution in [0.2, 0.25) is 0 Å². The molecule has 0 atom stereocenters. The Bertz CT molecular complexity index is 1320. The van der Waals surface area contributed by atoms with E-state index in [1.54, 1.807) is 16.9 Å². The molecular weight excluding hydrogens is 442 g/mol. The Morgan fingerprint density at radius 3 is 2.72 bits per heavy atom. The summed E-state index contributed by atoms with van der Waals surface area (Å²) in [6.45, 7) is 8.39. The molecule has 4 rings (SSSR count). The van der Waals surface area contributed by atoms with Crippen molar-refractivity contribution in [3.63, 3.8) is 0 Å². The van der Waals surface area contributed by atoms with Gasteiger partial charge in [-0.15, -0.1) is 11.3 Å². The van der Waals surface area contributed by atoms with Crippen molar-refractivity contribution in [3.8, 4) is 0 Å². The molecule has 0 radical (unpaired) electrons. The zero-order valence-electron chi connectivity index (χ0n) is 18.5. The van der Waals surface area contributed by atoms with E-state index in [1.165, 1.54) is 23.1 Å². The minimum atomic E-state index is -0.138. The van der Waals surface area contributed by atoms with Gasteiger partial charge in [-0.3, -0.25) is 14.2 Å². The zero-order valence-corrected chi connectivity index (χ0v) is 20.1. The predicted octanol–water partition coefficient (Wildman–Crippen LogP) is 5.57. The maximum atomic E-state index is 13.3. The summed E-state index contributed by atoms with van der Waals surface area (Å²) in [5.41, 5.74) is 2.75. The van der Waals surface area contributed by atoms with Crippen LogP contribution in [0.15, 0.2) is 57.0 Å². The van der Waals surface area contributed by atoms with Crippen molar-refractivity contribution in [2.24, 2.45) is 0 Å². The van der Waals surface area contributed by atoms with Crippen molar-refractivity contribution in [3.05, 3.63) is 74.8 Å². The molecule has 1 aromatic carbocycles. The number of carbonyl (C=O) groups excluding carboxylic acids is 1. The summed E-state index contributed by atoms with van der Waals surface area (Å²) in [6.07, 6.45) is 1.58. The second-order valence-corrected chi connectivity index (χ2v) is 10.1. The maximum Gasteiger partial charge on any atom is 0.263 e. The molecule has 1 amide bonds. The van der Waals surface area contributed by atoms with Gasteiger partial charge in [0.05, 0.1) is 23.9 Å². The zero-order chi connectivity index (χ0) is 22.8. The topological polar surface area (TPSA) is 77.1 Å². The van der Waals surface area contributed by atoms with E-state index in [0.29, 0.717) is 27.1 Å². The number of aryl methyl sites for hydroxylation is 2. The molecular formula is C24H25N3O3S2. The summed E-state index contributed by atoms with van der Waals surface area (Å²) in [5, 5.41) is 4.15. The Kier molecular flexibility index (Phi) is 6.53. The average Bonchev–Trinajstić information content (AvgIpc) is 3.37. The Hall–Kier alpha value is -2.84. The lowest BCUT2D eigenvalue weighted by atomic mass is 10.0. The molecule has 3 aromatic heterocycles. The minimum absolute atomic E-state index is 0.110. The van der Waals surface area contributed by atoms with E-state index in [-0.39, 0.29) is 23.8 Å². The lowest BCUT2D eigenvalue weighted by Gasteiger charge is -2.14. The van der Waals surface area contributed by atoms with E-state index >= 15 is 0 Å². The highest BCUT2D eigenvalue weighted by atomic mass is 32.2. The molecule has 0 saturated carbocycles. The van der Waals surface area contributed by atoms with E-state index in [1.807, 2.05) is 44.2 Å². The van der Waals surface area contributed by atoms with Gasteiger partial charge in [-0.2, -0.15) is 0 Å².